The van der Waals surface area contributed by atoms with Gasteiger partial charge in [-0.1, -0.05) is 43.6 Å². The lowest BCUT2D eigenvalue weighted by Crippen LogP contribution is -2.32. The number of benzene rings is 2. The Morgan fingerprint density at radius 2 is 2.00 bits per heavy atom. The topological polar surface area (TPSA) is 52.9 Å². The van der Waals surface area contributed by atoms with Gasteiger partial charge in [0.05, 0.1) is 10.6 Å². The molecule has 0 unspecified atom stereocenters. The summed E-state index contributed by atoms with van der Waals surface area (Å²) < 4.78 is 0. The van der Waals surface area contributed by atoms with E-state index >= 15 is 0 Å². The molecule has 0 aromatic heterocycles. The maximum Gasteiger partial charge on any atom is 0.266 e. The highest BCUT2D eigenvalue weighted by Crippen LogP contribution is 2.35. The van der Waals surface area contributed by atoms with Crippen LogP contribution in [0.3, 0.4) is 0 Å². The molecule has 4 nitrogen and oxygen atoms in total. The van der Waals surface area contributed by atoms with Gasteiger partial charge in [-0.05, 0) is 59.7 Å². The molecule has 1 heterocycles. The van der Waals surface area contributed by atoms with Gasteiger partial charge in [-0.25, -0.2) is 4.99 Å². The molecule has 1 saturated heterocycles. The summed E-state index contributed by atoms with van der Waals surface area (Å²) in [6, 6.07) is 14.1. The quantitative estimate of drug-likeness (QED) is 0.725. The van der Waals surface area contributed by atoms with Gasteiger partial charge in [-0.3, -0.25) is 9.69 Å². The monoisotopic (exact) mass is 386 g/mol. The second-order valence-corrected chi connectivity index (χ2v) is 7.84. The van der Waals surface area contributed by atoms with Crippen molar-refractivity contribution in [2.75, 3.05) is 6.54 Å². The Bertz CT molecular complexity index is 893. The fourth-order valence-electron chi connectivity index (χ4n) is 2.54. The molecule has 0 atom stereocenters. The summed E-state index contributed by atoms with van der Waals surface area (Å²) in [6.45, 7) is 4.71. The molecular weight excluding hydrogens is 368 g/mol. The zero-order chi connectivity index (χ0) is 18.7. The second-order valence-electron chi connectivity index (χ2n) is 6.39. The first kappa shape index (κ1) is 18.5. The zero-order valence-electron chi connectivity index (χ0n) is 14.5. The van der Waals surface area contributed by atoms with Crippen LogP contribution < -0.4 is 0 Å². The van der Waals surface area contributed by atoms with Crippen LogP contribution in [0.2, 0.25) is 5.02 Å². The smallest absolute Gasteiger partial charge is 0.266 e. The highest BCUT2D eigenvalue weighted by Gasteiger charge is 2.33. The number of amidine groups is 1. The van der Waals surface area contributed by atoms with Crippen LogP contribution in [0.25, 0.3) is 6.08 Å². The fourth-order valence-corrected chi connectivity index (χ4v) is 3.73. The second kappa shape index (κ2) is 7.98. The third-order valence-electron chi connectivity index (χ3n) is 3.64. The van der Waals surface area contributed by atoms with Crippen LogP contribution in [-0.2, 0) is 4.79 Å². The van der Waals surface area contributed by atoms with E-state index in [0.717, 1.165) is 5.56 Å². The molecule has 1 aliphatic heterocycles. The average molecular weight is 387 g/mol. The molecule has 3 rings (SSSR count). The Balaban J connectivity index is 1.96. The van der Waals surface area contributed by atoms with Crippen molar-refractivity contribution >= 4 is 46.2 Å². The number of carbonyl (C=O) groups excluding carboxylic acids is 1. The van der Waals surface area contributed by atoms with Crippen molar-refractivity contribution in [1.29, 1.82) is 0 Å². The maximum atomic E-state index is 12.9. The van der Waals surface area contributed by atoms with Gasteiger partial charge in [0, 0.05) is 11.6 Å². The molecule has 1 N–H and O–H groups in total. The molecular formula is C20H19ClN2O2S. The maximum absolute atomic E-state index is 12.9. The van der Waals surface area contributed by atoms with Crippen molar-refractivity contribution in [3.8, 4) is 5.75 Å². The highest BCUT2D eigenvalue weighted by atomic mass is 35.5. The average Bonchev–Trinajstić information content (AvgIpc) is 2.83. The van der Waals surface area contributed by atoms with E-state index in [1.807, 2.05) is 18.2 Å². The van der Waals surface area contributed by atoms with E-state index in [1.165, 1.54) is 11.8 Å². The van der Waals surface area contributed by atoms with E-state index in [2.05, 4.69) is 18.8 Å². The number of hydrogen-bond acceptors (Lipinski definition) is 4. The van der Waals surface area contributed by atoms with Gasteiger partial charge < -0.3 is 5.11 Å². The Kier molecular flexibility index (Phi) is 5.69. The van der Waals surface area contributed by atoms with Gasteiger partial charge in [0.15, 0.2) is 5.17 Å². The number of carbonyl (C=O) groups is 1. The van der Waals surface area contributed by atoms with E-state index < -0.39 is 0 Å². The predicted molar refractivity (Wildman–Crippen MR) is 109 cm³/mol. The van der Waals surface area contributed by atoms with Gasteiger partial charge in [0.2, 0.25) is 0 Å². The lowest BCUT2D eigenvalue weighted by Gasteiger charge is -2.17. The van der Waals surface area contributed by atoms with Gasteiger partial charge in [0.1, 0.15) is 5.75 Å². The van der Waals surface area contributed by atoms with Crippen molar-refractivity contribution in [2.24, 2.45) is 10.9 Å². The van der Waals surface area contributed by atoms with Crippen LogP contribution in [0.15, 0.2) is 58.4 Å². The number of thioether (sulfide) groups is 1. The SMILES string of the molecule is CC(C)CN1C(=O)/C(=C\c2cccc(O)c2)SC1=Nc1cccc(Cl)c1. The van der Waals surface area contributed by atoms with E-state index in [1.54, 1.807) is 41.3 Å². The largest absolute Gasteiger partial charge is 0.508 e. The first-order chi connectivity index (χ1) is 12.4. The Morgan fingerprint density at radius 3 is 2.69 bits per heavy atom. The fraction of sp³-hybridized carbons (Fsp3) is 0.200. The third-order valence-corrected chi connectivity index (χ3v) is 4.88. The predicted octanol–water partition coefficient (Wildman–Crippen LogP) is 5.31. The summed E-state index contributed by atoms with van der Waals surface area (Å²) in [4.78, 5) is 19.8. The lowest BCUT2D eigenvalue weighted by atomic mass is 10.2. The molecule has 26 heavy (non-hydrogen) atoms. The highest BCUT2D eigenvalue weighted by molar-refractivity contribution is 8.18. The molecule has 0 bridgehead atoms. The summed E-state index contributed by atoms with van der Waals surface area (Å²) in [7, 11) is 0. The molecule has 2 aromatic rings. The van der Waals surface area contributed by atoms with Crippen LogP contribution in [-0.4, -0.2) is 27.6 Å². The molecule has 0 aliphatic carbocycles. The molecule has 2 aromatic carbocycles. The normalized spacial score (nSPS) is 17.7. The van der Waals surface area contributed by atoms with Crippen molar-refractivity contribution in [3.63, 3.8) is 0 Å². The van der Waals surface area contributed by atoms with Crippen LogP contribution in [0.5, 0.6) is 5.75 Å². The van der Waals surface area contributed by atoms with Crippen LogP contribution >= 0.6 is 23.4 Å². The third kappa shape index (κ3) is 4.48. The van der Waals surface area contributed by atoms with Crippen molar-refractivity contribution in [2.45, 2.75) is 13.8 Å². The lowest BCUT2D eigenvalue weighted by molar-refractivity contribution is -0.122. The summed E-state index contributed by atoms with van der Waals surface area (Å²) in [5, 5.41) is 10.9. The molecule has 1 aliphatic rings. The number of rotatable bonds is 4. The standard InChI is InChI=1S/C20H19ClN2O2S/c1-13(2)12-23-19(25)18(10-14-5-3-8-17(24)9-14)26-20(23)22-16-7-4-6-15(21)11-16/h3-11,13,24H,12H2,1-2H3/b18-10+,22-20?. The number of phenols is 1. The Morgan fingerprint density at radius 1 is 1.23 bits per heavy atom. The van der Waals surface area contributed by atoms with E-state index in [-0.39, 0.29) is 11.7 Å². The van der Waals surface area contributed by atoms with Crippen molar-refractivity contribution in [3.05, 3.63) is 64.0 Å². The van der Waals surface area contributed by atoms with Gasteiger partial charge in [0.25, 0.3) is 5.91 Å². The van der Waals surface area contributed by atoms with Crippen LogP contribution in [0.4, 0.5) is 5.69 Å². The van der Waals surface area contributed by atoms with E-state index in [9.17, 15) is 9.90 Å². The Hall–Kier alpha value is -2.24. The summed E-state index contributed by atoms with van der Waals surface area (Å²) in [5.74, 6) is 0.402. The molecule has 134 valence electrons. The summed E-state index contributed by atoms with van der Waals surface area (Å²) >= 11 is 7.37. The molecule has 6 heteroatoms. The summed E-state index contributed by atoms with van der Waals surface area (Å²) in [5.41, 5.74) is 1.48. The molecule has 0 spiro atoms. The van der Waals surface area contributed by atoms with Gasteiger partial charge in [-0.15, -0.1) is 0 Å². The molecule has 0 saturated carbocycles. The minimum atomic E-state index is -0.0761. The van der Waals surface area contributed by atoms with E-state index in [4.69, 9.17) is 11.6 Å². The zero-order valence-corrected chi connectivity index (χ0v) is 16.1. The van der Waals surface area contributed by atoms with Crippen molar-refractivity contribution < 1.29 is 9.90 Å². The number of aliphatic imine (C=N–C) groups is 1. The number of nitrogens with zero attached hydrogens (tertiary/aromatic N) is 2. The number of phenolic OH excluding ortho intramolecular Hbond substituents is 1. The number of amides is 1. The molecule has 1 amide bonds. The molecule has 1 fully saturated rings. The van der Waals surface area contributed by atoms with Crippen LogP contribution in [0.1, 0.15) is 19.4 Å². The van der Waals surface area contributed by atoms with Gasteiger partial charge in [-0.2, -0.15) is 0 Å². The number of aromatic hydroxyl groups is 1. The molecule has 0 radical (unpaired) electrons. The Labute approximate surface area is 162 Å². The first-order valence-corrected chi connectivity index (χ1v) is 9.46. The van der Waals surface area contributed by atoms with Gasteiger partial charge >= 0.3 is 0 Å². The number of hydrogen-bond donors (Lipinski definition) is 1. The van der Waals surface area contributed by atoms with E-state index in [0.29, 0.717) is 33.2 Å². The minimum absolute atomic E-state index is 0.0761. The first-order valence-electron chi connectivity index (χ1n) is 8.27. The van der Waals surface area contributed by atoms with Crippen molar-refractivity contribution in [1.82, 2.24) is 4.90 Å². The minimum Gasteiger partial charge on any atom is -0.508 e. The van der Waals surface area contributed by atoms with Crippen LogP contribution in [0, 0.1) is 5.92 Å². The number of halogens is 1. The summed E-state index contributed by atoms with van der Waals surface area (Å²) in [6.07, 6.45) is 1.78.